The average molecular weight is 442 g/mol. The van der Waals surface area contributed by atoms with Gasteiger partial charge < -0.3 is 25.4 Å². The average Bonchev–Trinajstić information content (AvgIpc) is 2.77. The lowest BCUT2D eigenvalue weighted by atomic mass is 10.1. The lowest BCUT2D eigenvalue weighted by Gasteiger charge is -2.12. The highest BCUT2D eigenvalue weighted by Gasteiger charge is 2.06. The molecule has 0 radical (unpaired) electrons. The number of aliphatic imine (C=N–C) groups is 1. The third-order valence-electron chi connectivity index (χ3n) is 4.57. The van der Waals surface area contributed by atoms with Crippen molar-refractivity contribution in [1.82, 2.24) is 15.6 Å². The first kappa shape index (κ1) is 25.0. The van der Waals surface area contributed by atoms with Crippen LogP contribution >= 0.6 is 0 Å². The van der Waals surface area contributed by atoms with E-state index >= 15 is 0 Å². The molecule has 1 amide bonds. The SMILES string of the molecule is CCNC(=NCCCc1ccc(OC)c(OCC)c1)NCCC(=O)Nc1cccc(C)n1. The maximum atomic E-state index is 12.1. The molecule has 0 unspecified atom stereocenters. The van der Waals surface area contributed by atoms with Gasteiger partial charge in [-0.25, -0.2) is 4.98 Å². The number of hydrogen-bond donors (Lipinski definition) is 3. The molecule has 0 saturated heterocycles. The highest BCUT2D eigenvalue weighted by atomic mass is 16.5. The van der Waals surface area contributed by atoms with Crippen molar-refractivity contribution in [1.29, 1.82) is 0 Å². The lowest BCUT2D eigenvalue weighted by Crippen LogP contribution is -2.38. The van der Waals surface area contributed by atoms with Gasteiger partial charge in [0.25, 0.3) is 0 Å². The van der Waals surface area contributed by atoms with E-state index in [4.69, 9.17) is 9.47 Å². The molecule has 8 heteroatoms. The number of guanidine groups is 1. The number of methoxy groups -OCH3 is 1. The van der Waals surface area contributed by atoms with Crippen LogP contribution in [0.15, 0.2) is 41.4 Å². The number of ether oxygens (including phenoxy) is 2. The van der Waals surface area contributed by atoms with Crippen LogP contribution in [0.4, 0.5) is 5.82 Å². The van der Waals surface area contributed by atoms with Crippen LogP contribution in [0, 0.1) is 6.92 Å². The predicted octanol–water partition coefficient (Wildman–Crippen LogP) is 3.31. The highest BCUT2D eigenvalue weighted by Crippen LogP contribution is 2.28. The van der Waals surface area contributed by atoms with E-state index in [0.29, 0.717) is 37.9 Å². The Kier molecular flexibility index (Phi) is 10.8. The molecule has 1 aromatic heterocycles. The number of amides is 1. The molecule has 0 fully saturated rings. The van der Waals surface area contributed by atoms with Gasteiger partial charge in [-0.1, -0.05) is 12.1 Å². The van der Waals surface area contributed by atoms with Crippen molar-refractivity contribution >= 4 is 17.7 Å². The summed E-state index contributed by atoms with van der Waals surface area (Å²) in [5.74, 6) is 2.70. The molecular formula is C24H35N5O3. The van der Waals surface area contributed by atoms with E-state index < -0.39 is 0 Å². The summed E-state index contributed by atoms with van der Waals surface area (Å²) < 4.78 is 11.0. The summed E-state index contributed by atoms with van der Waals surface area (Å²) in [4.78, 5) is 21.0. The number of nitrogens with zero attached hydrogens (tertiary/aromatic N) is 2. The molecule has 8 nitrogen and oxygen atoms in total. The summed E-state index contributed by atoms with van der Waals surface area (Å²) in [6, 6.07) is 11.6. The molecule has 2 aromatic rings. The Morgan fingerprint density at radius 1 is 1.12 bits per heavy atom. The molecule has 0 aliphatic rings. The molecule has 0 bridgehead atoms. The van der Waals surface area contributed by atoms with E-state index in [9.17, 15) is 4.79 Å². The summed E-state index contributed by atoms with van der Waals surface area (Å²) in [5.41, 5.74) is 2.05. The maximum absolute atomic E-state index is 12.1. The highest BCUT2D eigenvalue weighted by molar-refractivity contribution is 5.90. The van der Waals surface area contributed by atoms with Gasteiger partial charge in [-0.05, 0) is 63.4 Å². The number of rotatable bonds is 12. The van der Waals surface area contributed by atoms with Crippen LogP contribution in [0.3, 0.4) is 0 Å². The van der Waals surface area contributed by atoms with E-state index in [1.807, 2.05) is 45.0 Å². The van der Waals surface area contributed by atoms with E-state index in [1.54, 1.807) is 13.2 Å². The molecular weight excluding hydrogens is 406 g/mol. The third kappa shape index (κ3) is 8.83. The largest absolute Gasteiger partial charge is 0.493 e. The Balaban J connectivity index is 1.77. The monoisotopic (exact) mass is 441 g/mol. The number of anilines is 1. The molecule has 2 rings (SSSR count). The zero-order chi connectivity index (χ0) is 23.2. The van der Waals surface area contributed by atoms with Gasteiger partial charge in [0.2, 0.25) is 5.91 Å². The summed E-state index contributed by atoms with van der Waals surface area (Å²) in [5, 5.41) is 9.23. The zero-order valence-electron chi connectivity index (χ0n) is 19.5. The van der Waals surface area contributed by atoms with E-state index in [0.717, 1.165) is 36.6 Å². The van der Waals surface area contributed by atoms with Gasteiger partial charge in [0.15, 0.2) is 17.5 Å². The number of nitrogens with one attached hydrogen (secondary N) is 3. The summed E-state index contributed by atoms with van der Waals surface area (Å²) in [7, 11) is 1.64. The van der Waals surface area contributed by atoms with Crippen LogP contribution in [-0.4, -0.2) is 50.2 Å². The molecule has 174 valence electrons. The minimum Gasteiger partial charge on any atom is -0.493 e. The fraction of sp³-hybridized carbons (Fsp3) is 0.458. The van der Waals surface area contributed by atoms with E-state index in [-0.39, 0.29) is 5.91 Å². The van der Waals surface area contributed by atoms with Crippen molar-refractivity contribution in [3.63, 3.8) is 0 Å². The van der Waals surface area contributed by atoms with E-state index in [1.165, 1.54) is 5.56 Å². The topological polar surface area (TPSA) is 96.9 Å². The summed E-state index contributed by atoms with van der Waals surface area (Å²) in [6.45, 7) is 8.37. The number of carbonyl (C=O) groups excluding carboxylic acids is 1. The number of benzene rings is 1. The number of carbonyl (C=O) groups is 1. The Labute approximate surface area is 190 Å². The normalized spacial score (nSPS) is 11.1. The van der Waals surface area contributed by atoms with Gasteiger partial charge in [0, 0.05) is 31.7 Å². The van der Waals surface area contributed by atoms with Crippen LogP contribution in [0.2, 0.25) is 0 Å². The minimum absolute atomic E-state index is 0.0870. The van der Waals surface area contributed by atoms with Crippen molar-refractivity contribution in [2.24, 2.45) is 4.99 Å². The van der Waals surface area contributed by atoms with E-state index in [2.05, 4.69) is 32.0 Å². The van der Waals surface area contributed by atoms with Crippen molar-refractivity contribution in [2.75, 3.05) is 38.7 Å². The first-order valence-corrected chi connectivity index (χ1v) is 11.1. The number of hydrogen-bond acceptors (Lipinski definition) is 5. The van der Waals surface area contributed by atoms with Crippen LogP contribution < -0.4 is 25.4 Å². The van der Waals surface area contributed by atoms with Gasteiger partial charge in [-0.3, -0.25) is 9.79 Å². The second-order valence-electron chi connectivity index (χ2n) is 7.17. The van der Waals surface area contributed by atoms with Crippen molar-refractivity contribution in [3.05, 3.63) is 47.7 Å². The Morgan fingerprint density at radius 3 is 2.69 bits per heavy atom. The van der Waals surface area contributed by atoms with Crippen LogP contribution in [0.25, 0.3) is 0 Å². The fourth-order valence-electron chi connectivity index (χ4n) is 3.07. The number of pyridine rings is 1. The van der Waals surface area contributed by atoms with Crippen LogP contribution in [-0.2, 0) is 11.2 Å². The Morgan fingerprint density at radius 2 is 1.97 bits per heavy atom. The van der Waals surface area contributed by atoms with Crippen LogP contribution in [0.1, 0.15) is 37.9 Å². The second-order valence-corrected chi connectivity index (χ2v) is 7.17. The molecule has 32 heavy (non-hydrogen) atoms. The molecule has 3 N–H and O–H groups in total. The molecule has 1 heterocycles. The number of aromatic nitrogens is 1. The predicted molar refractivity (Wildman–Crippen MR) is 129 cm³/mol. The van der Waals surface area contributed by atoms with Gasteiger partial charge in [0.1, 0.15) is 5.82 Å². The molecule has 0 spiro atoms. The smallest absolute Gasteiger partial charge is 0.227 e. The van der Waals surface area contributed by atoms with Gasteiger partial charge in [-0.2, -0.15) is 0 Å². The second kappa shape index (κ2) is 13.9. The third-order valence-corrected chi connectivity index (χ3v) is 4.57. The number of aryl methyl sites for hydroxylation is 2. The van der Waals surface area contributed by atoms with Crippen molar-refractivity contribution in [2.45, 2.75) is 40.0 Å². The maximum Gasteiger partial charge on any atom is 0.227 e. The summed E-state index contributed by atoms with van der Waals surface area (Å²) in [6.07, 6.45) is 2.11. The molecule has 0 atom stereocenters. The molecule has 1 aromatic carbocycles. The quantitative estimate of drug-likeness (QED) is 0.266. The van der Waals surface area contributed by atoms with Gasteiger partial charge >= 0.3 is 0 Å². The molecule has 0 aliphatic carbocycles. The Hall–Kier alpha value is -3.29. The van der Waals surface area contributed by atoms with Crippen LogP contribution in [0.5, 0.6) is 11.5 Å². The zero-order valence-corrected chi connectivity index (χ0v) is 19.5. The van der Waals surface area contributed by atoms with Gasteiger partial charge in [-0.15, -0.1) is 0 Å². The molecule has 0 saturated carbocycles. The fourth-order valence-corrected chi connectivity index (χ4v) is 3.07. The molecule has 0 aliphatic heterocycles. The first-order chi connectivity index (χ1) is 15.5. The van der Waals surface area contributed by atoms with Gasteiger partial charge in [0.05, 0.1) is 13.7 Å². The summed E-state index contributed by atoms with van der Waals surface area (Å²) >= 11 is 0. The van der Waals surface area contributed by atoms with Crippen molar-refractivity contribution in [3.8, 4) is 11.5 Å². The lowest BCUT2D eigenvalue weighted by molar-refractivity contribution is -0.116. The minimum atomic E-state index is -0.0870. The standard InChI is InChI=1S/C24H35N5O3/c1-5-25-24(27-16-14-23(30)29-22-11-7-9-18(3)28-22)26-15-8-10-19-12-13-20(31-4)21(17-19)32-6-2/h7,9,11-13,17H,5-6,8,10,14-16H2,1-4H3,(H2,25,26,27)(H,28,29,30). The Bertz CT molecular complexity index is 886. The first-order valence-electron chi connectivity index (χ1n) is 11.1. The van der Waals surface area contributed by atoms with Crippen molar-refractivity contribution < 1.29 is 14.3 Å².